The van der Waals surface area contributed by atoms with Crippen LogP contribution >= 0.6 is 0 Å². The van der Waals surface area contributed by atoms with Gasteiger partial charge in [0.15, 0.2) is 0 Å². The van der Waals surface area contributed by atoms with Gasteiger partial charge in [0, 0.05) is 17.3 Å². The highest BCUT2D eigenvalue weighted by molar-refractivity contribution is 6.12. The van der Waals surface area contributed by atoms with Gasteiger partial charge in [-0.25, -0.2) is 4.98 Å². The Kier molecular flexibility index (Phi) is 4.03. The van der Waals surface area contributed by atoms with Crippen LogP contribution in [0.15, 0.2) is 79.0 Å². The van der Waals surface area contributed by atoms with E-state index in [1.807, 2.05) is 30.3 Å². The lowest BCUT2D eigenvalue weighted by molar-refractivity contribution is -0.137. The third-order valence-electron chi connectivity index (χ3n) is 4.24. The Labute approximate surface area is 152 Å². The third-order valence-corrected chi connectivity index (χ3v) is 4.24. The molecule has 0 spiro atoms. The molecule has 3 nitrogen and oxygen atoms in total. The zero-order valence-electron chi connectivity index (χ0n) is 13.9. The largest absolute Gasteiger partial charge is 0.416 e. The molecule has 27 heavy (non-hydrogen) atoms. The molecule has 0 aliphatic rings. The maximum absolute atomic E-state index is 13.2. The van der Waals surface area contributed by atoms with E-state index in [-0.39, 0.29) is 11.3 Å². The fourth-order valence-corrected chi connectivity index (χ4v) is 2.98. The second-order valence-electron chi connectivity index (χ2n) is 6.01. The highest BCUT2D eigenvalue weighted by atomic mass is 19.4. The van der Waals surface area contributed by atoms with Gasteiger partial charge in [-0.15, -0.1) is 0 Å². The molecule has 0 radical (unpaired) electrons. The molecule has 6 heteroatoms. The lowest BCUT2D eigenvalue weighted by atomic mass is 10.0. The molecule has 0 fully saturated rings. The topological polar surface area (TPSA) is 34.4 Å². The summed E-state index contributed by atoms with van der Waals surface area (Å²) >= 11 is 0. The highest BCUT2D eigenvalue weighted by Gasteiger charge is 2.31. The number of pyridine rings is 1. The first-order valence-corrected chi connectivity index (χ1v) is 8.19. The van der Waals surface area contributed by atoms with Crippen molar-refractivity contribution in [2.24, 2.45) is 0 Å². The molecular formula is C21H13F3N2O. The van der Waals surface area contributed by atoms with Crippen molar-refractivity contribution in [2.45, 2.75) is 6.18 Å². The molecule has 2 aromatic carbocycles. The van der Waals surface area contributed by atoms with E-state index in [0.717, 1.165) is 17.7 Å². The quantitative estimate of drug-likeness (QED) is 0.464. The van der Waals surface area contributed by atoms with Crippen molar-refractivity contribution in [3.05, 3.63) is 95.8 Å². The molecule has 0 unspecified atom stereocenters. The van der Waals surface area contributed by atoms with Gasteiger partial charge in [-0.05, 0) is 24.3 Å². The van der Waals surface area contributed by atoms with Crippen molar-refractivity contribution in [1.82, 2.24) is 9.38 Å². The number of benzene rings is 2. The minimum Gasteiger partial charge on any atom is -0.296 e. The van der Waals surface area contributed by atoms with Gasteiger partial charge in [0.2, 0.25) is 5.78 Å². The van der Waals surface area contributed by atoms with E-state index >= 15 is 0 Å². The van der Waals surface area contributed by atoms with Crippen LogP contribution in [-0.2, 0) is 6.18 Å². The minimum atomic E-state index is -4.52. The average Bonchev–Trinajstić information content (AvgIpc) is 3.07. The van der Waals surface area contributed by atoms with Crippen molar-refractivity contribution in [3.63, 3.8) is 0 Å². The van der Waals surface area contributed by atoms with Crippen molar-refractivity contribution < 1.29 is 18.0 Å². The van der Waals surface area contributed by atoms with Gasteiger partial charge in [-0.3, -0.25) is 9.20 Å². The van der Waals surface area contributed by atoms with Crippen LogP contribution < -0.4 is 0 Å². The number of carbonyl (C=O) groups is 1. The van der Waals surface area contributed by atoms with Crippen LogP contribution in [-0.4, -0.2) is 15.2 Å². The van der Waals surface area contributed by atoms with E-state index in [9.17, 15) is 18.0 Å². The number of hydrogen-bond donors (Lipinski definition) is 0. The standard InChI is InChI=1S/C21H13F3N2O/c22-21(23,24)16-10-6-9-15(13-16)20(27)19-18(14-7-2-1-3-8-14)25-17-11-4-5-12-26(17)19/h1-13H. The van der Waals surface area contributed by atoms with Gasteiger partial charge in [-0.1, -0.05) is 48.5 Å². The molecule has 0 atom stereocenters. The van der Waals surface area contributed by atoms with Crippen LogP contribution in [0.25, 0.3) is 16.9 Å². The number of carbonyl (C=O) groups excluding carboxylic acids is 1. The Morgan fingerprint density at radius 2 is 1.63 bits per heavy atom. The molecule has 134 valence electrons. The molecule has 0 aliphatic carbocycles. The zero-order chi connectivity index (χ0) is 19.0. The maximum Gasteiger partial charge on any atom is 0.416 e. The average molecular weight is 366 g/mol. The van der Waals surface area contributed by atoms with Gasteiger partial charge in [-0.2, -0.15) is 13.2 Å². The van der Waals surface area contributed by atoms with Gasteiger partial charge in [0.05, 0.1) is 5.56 Å². The third kappa shape index (κ3) is 3.10. The summed E-state index contributed by atoms with van der Waals surface area (Å²) in [6.07, 6.45) is -2.84. The summed E-state index contributed by atoms with van der Waals surface area (Å²) in [4.78, 5) is 17.7. The van der Waals surface area contributed by atoms with Gasteiger partial charge in [0.25, 0.3) is 0 Å². The molecule has 0 N–H and O–H groups in total. The SMILES string of the molecule is O=C(c1cccc(C(F)(F)F)c1)c1c(-c2ccccc2)nc2ccccn12. The van der Waals surface area contributed by atoms with E-state index in [1.54, 1.807) is 28.8 Å². The van der Waals surface area contributed by atoms with Crippen molar-refractivity contribution in [1.29, 1.82) is 0 Å². The van der Waals surface area contributed by atoms with E-state index < -0.39 is 17.5 Å². The Morgan fingerprint density at radius 1 is 0.889 bits per heavy atom. The van der Waals surface area contributed by atoms with Gasteiger partial charge < -0.3 is 0 Å². The Balaban J connectivity index is 1.92. The summed E-state index contributed by atoms with van der Waals surface area (Å²) in [6.45, 7) is 0. The summed E-state index contributed by atoms with van der Waals surface area (Å²) < 4.78 is 40.7. The second kappa shape index (κ2) is 6.39. The lowest BCUT2D eigenvalue weighted by Crippen LogP contribution is -2.10. The smallest absolute Gasteiger partial charge is 0.296 e. The number of ketones is 1. The number of nitrogens with zero attached hydrogens (tertiary/aromatic N) is 2. The van der Waals surface area contributed by atoms with E-state index in [4.69, 9.17) is 0 Å². The Morgan fingerprint density at radius 3 is 2.37 bits per heavy atom. The summed E-state index contributed by atoms with van der Waals surface area (Å²) in [7, 11) is 0. The number of aromatic nitrogens is 2. The Hall–Kier alpha value is -3.41. The predicted octanol–water partition coefficient (Wildman–Crippen LogP) is 5.25. The van der Waals surface area contributed by atoms with Crippen LogP contribution in [0.2, 0.25) is 0 Å². The Bertz CT molecular complexity index is 1130. The maximum atomic E-state index is 13.2. The molecule has 0 aliphatic heterocycles. The van der Waals surface area contributed by atoms with Crippen molar-refractivity contribution in [3.8, 4) is 11.3 Å². The second-order valence-corrected chi connectivity index (χ2v) is 6.01. The first-order valence-electron chi connectivity index (χ1n) is 8.19. The fraction of sp³-hybridized carbons (Fsp3) is 0.0476. The van der Waals surface area contributed by atoms with E-state index in [2.05, 4.69) is 4.98 Å². The molecule has 2 aromatic heterocycles. The number of hydrogen-bond acceptors (Lipinski definition) is 2. The van der Waals surface area contributed by atoms with Gasteiger partial charge >= 0.3 is 6.18 Å². The van der Waals surface area contributed by atoms with Crippen LogP contribution in [0.4, 0.5) is 13.2 Å². The van der Waals surface area contributed by atoms with E-state index in [1.165, 1.54) is 12.1 Å². The minimum absolute atomic E-state index is 0.0346. The number of rotatable bonds is 3. The fourth-order valence-electron chi connectivity index (χ4n) is 2.98. The van der Waals surface area contributed by atoms with Crippen LogP contribution in [0, 0.1) is 0 Å². The summed E-state index contributed by atoms with van der Waals surface area (Å²) in [6, 6.07) is 18.8. The molecule has 0 saturated carbocycles. The van der Waals surface area contributed by atoms with Crippen LogP contribution in [0.1, 0.15) is 21.6 Å². The first-order chi connectivity index (χ1) is 12.9. The van der Waals surface area contributed by atoms with Crippen molar-refractivity contribution >= 4 is 11.4 Å². The molecule has 0 amide bonds. The normalized spacial score (nSPS) is 11.7. The number of fused-ring (bicyclic) bond motifs is 1. The summed E-state index contributed by atoms with van der Waals surface area (Å²) in [5.74, 6) is -0.515. The molecule has 0 bridgehead atoms. The first kappa shape index (κ1) is 17.0. The number of alkyl halides is 3. The van der Waals surface area contributed by atoms with Gasteiger partial charge in [0.1, 0.15) is 17.0 Å². The molecule has 4 aromatic rings. The van der Waals surface area contributed by atoms with Crippen LogP contribution in [0.5, 0.6) is 0 Å². The molecule has 0 saturated heterocycles. The monoisotopic (exact) mass is 366 g/mol. The van der Waals surface area contributed by atoms with E-state index in [0.29, 0.717) is 11.3 Å². The van der Waals surface area contributed by atoms with Crippen LogP contribution in [0.3, 0.4) is 0 Å². The lowest BCUT2D eigenvalue weighted by Gasteiger charge is -2.09. The predicted molar refractivity (Wildman–Crippen MR) is 95.5 cm³/mol. The molecule has 2 heterocycles. The zero-order valence-corrected chi connectivity index (χ0v) is 13.9. The number of halogens is 3. The molecular weight excluding hydrogens is 353 g/mol. The number of imidazole rings is 1. The molecule has 4 rings (SSSR count). The highest BCUT2D eigenvalue weighted by Crippen LogP contribution is 2.31. The van der Waals surface area contributed by atoms with Crippen molar-refractivity contribution in [2.75, 3.05) is 0 Å². The summed E-state index contributed by atoms with van der Waals surface area (Å²) in [5.41, 5.74) is 1.04. The summed E-state index contributed by atoms with van der Waals surface area (Å²) in [5, 5.41) is 0.